The molecule has 0 spiro atoms. The first kappa shape index (κ1) is 18.5. The smallest absolute Gasteiger partial charge is 0.131 e. The van der Waals surface area contributed by atoms with Crippen LogP contribution in [0, 0.1) is 5.82 Å². The molecule has 0 aliphatic carbocycles. The summed E-state index contributed by atoms with van der Waals surface area (Å²) in [5, 5.41) is 9.27. The number of halogens is 1. The Hall–Kier alpha value is -3.56. The van der Waals surface area contributed by atoms with E-state index in [2.05, 4.69) is 20.1 Å². The Morgan fingerprint density at radius 2 is 1.97 bits per heavy atom. The summed E-state index contributed by atoms with van der Waals surface area (Å²) >= 11 is 0. The van der Waals surface area contributed by atoms with Crippen LogP contribution in [-0.2, 0) is 4.74 Å². The van der Waals surface area contributed by atoms with Gasteiger partial charge in [-0.2, -0.15) is 5.10 Å². The number of hydrogen-bond acceptors (Lipinski definition) is 7. The van der Waals surface area contributed by atoms with Gasteiger partial charge in [0, 0.05) is 36.9 Å². The Morgan fingerprint density at radius 3 is 2.73 bits per heavy atom. The summed E-state index contributed by atoms with van der Waals surface area (Å²) in [5.41, 5.74) is 3.36. The number of benzene rings is 1. The largest absolute Gasteiger partial charge is 0.378 e. The van der Waals surface area contributed by atoms with E-state index in [9.17, 15) is 4.39 Å². The number of pyridine rings is 2. The maximum atomic E-state index is 13.8. The van der Waals surface area contributed by atoms with Crippen LogP contribution in [0.25, 0.3) is 22.3 Å². The highest BCUT2D eigenvalue weighted by Gasteiger charge is 2.20. The fraction of sp³-hybridized carbons (Fsp3) is 0.190. The van der Waals surface area contributed by atoms with Crippen molar-refractivity contribution < 1.29 is 9.13 Å². The maximum absolute atomic E-state index is 13.8. The van der Waals surface area contributed by atoms with Gasteiger partial charge in [-0.25, -0.2) is 15.2 Å². The zero-order chi connectivity index (χ0) is 20.5. The molecule has 0 radical (unpaired) electrons. The molecular weight excluding hydrogens is 385 g/mol. The first-order valence-electron chi connectivity index (χ1n) is 9.63. The third-order valence-corrected chi connectivity index (χ3v) is 5.13. The SMILES string of the molecule is NN(c1cccc(F)c1)c1cc(N2CCOCC2)nc2c(-c3ccn[nH]3)nccc12. The van der Waals surface area contributed by atoms with Gasteiger partial charge in [0.2, 0.25) is 0 Å². The van der Waals surface area contributed by atoms with Gasteiger partial charge in [-0.3, -0.25) is 15.1 Å². The number of aromatic nitrogens is 4. The quantitative estimate of drug-likeness (QED) is 0.398. The van der Waals surface area contributed by atoms with Crippen LogP contribution in [0.1, 0.15) is 0 Å². The number of rotatable bonds is 4. The summed E-state index contributed by atoms with van der Waals surface area (Å²) in [7, 11) is 0. The molecule has 1 aliphatic rings. The standard InChI is InChI=1S/C21H20FN7O/c22-14-2-1-3-15(12-14)29(23)18-13-19(28-8-10-30-11-9-28)26-20-16(18)4-6-24-21(20)17-5-7-25-27-17/h1-7,12-13H,8-11,23H2,(H,25,27). The van der Waals surface area contributed by atoms with E-state index in [1.54, 1.807) is 24.5 Å². The molecule has 8 nitrogen and oxygen atoms in total. The first-order chi connectivity index (χ1) is 14.7. The minimum atomic E-state index is -0.352. The summed E-state index contributed by atoms with van der Waals surface area (Å²) in [6.07, 6.45) is 3.38. The van der Waals surface area contributed by atoms with Crippen molar-refractivity contribution in [3.63, 3.8) is 0 Å². The van der Waals surface area contributed by atoms with Gasteiger partial charge in [0.25, 0.3) is 0 Å². The van der Waals surface area contributed by atoms with Crippen LogP contribution in [0.3, 0.4) is 0 Å². The summed E-state index contributed by atoms with van der Waals surface area (Å²) in [6, 6.07) is 11.8. The summed E-state index contributed by atoms with van der Waals surface area (Å²) in [5.74, 6) is 6.89. The number of nitrogens with zero attached hydrogens (tertiary/aromatic N) is 5. The van der Waals surface area contributed by atoms with E-state index in [1.807, 2.05) is 18.2 Å². The number of hydrogen-bond donors (Lipinski definition) is 2. The Balaban J connectivity index is 1.72. The van der Waals surface area contributed by atoms with Crippen LogP contribution in [0.5, 0.6) is 0 Å². The lowest BCUT2D eigenvalue weighted by Crippen LogP contribution is -2.37. The molecule has 4 heterocycles. The fourth-order valence-electron chi connectivity index (χ4n) is 3.62. The van der Waals surface area contributed by atoms with Crippen molar-refractivity contribution in [3.05, 3.63) is 60.7 Å². The summed E-state index contributed by atoms with van der Waals surface area (Å²) in [6.45, 7) is 2.71. The first-order valence-corrected chi connectivity index (χ1v) is 9.63. The molecule has 1 aromatic carbocycles. The van der Waals surface area contributed by atoms with Gasteiger partial charge in [0.05, 0.1) is 30.3 Å². The molecule has 1 saturated heterocycles. The molecule has 3 N–H and O–H groups in total. The van der Waals surface area contributed by atoms with E-state index in [1.165, 1.54) is 17.1 Å². The predicted octanol–water partition coefficient (Wildman–Crippen LogP) is 3.01. The highest BCUT2D eigenvalue weighted by atomic mass is 19.1. The van der Waals surface area contributed by atoms with Gasteiger partial charge < -0.3 is 9.64 Å². The number of nitrogens with one attached hydrogen (secondary N) is 1. The minimum absolute atomic E-state index is 0.352. The predicted molar refractivity (Wildman–Crippen MR) is 113 cm³/mol. The van der Waals surface area contributed by atoms with Gasteiger partial charge in [0.15, 0.2) is 0 Å². The molecule has 0 bridgehead atoms. The summed E-state index contributed by atoms with van der Waals surface area (Å²) < 4.78 is 19.3. The number of ether oxygens (including phenoxy) is 1. The lowest BCUT2D eigenvalue weighted by atomic mass is 10.1. The van der Waals surface area contributed by atoms with Crippen LogP contribution in [0.2, 0.25) is 0 Å². The van der Waals surface area contributed by atoms with Crippen molar-refractivity contribution in [3.8, 4) is 11.4 Å². The molecule has 30 heavy (non-hydrogen) atoms. The van der Waals surface area contributed by atoms with Crippen molar-refractivity contribution >= 4 is 28.1 Å². The molecule has 5 rings (SSSR count). The third-order valence-electron chi connectivity index (χ3n) is 5.13. The number of nitrogens with two attached hydrogens (primary N) is 1. The number of fused-ring (bicyclic) bond motifs is 1. The van der Waals surface area contributed by atoms with Crippen molar-refractivity contribution in [2.24, 2.45) is 5.84 Å². The Bertz CT molecular complexity index is 1180. The molecule has 4 aromatic rings. The highest BCUT2D eigenvalue weighted by molar-refractivity contribution is 6.01. The van der Waals surface area contributed by atoms with Gasteiger partial charge in [-0.15, -0.1) is 0 Å². The molecule has 152 valence electrons. The van der Waals surface area contributed by atoms with Crippen LogP contribution in [-0.4, -0.2) is 46.5 Å². The van der Waals surface area contributed by atoms with Crippen LogP contribution < -0.4 is 15.8 Å². The Labute approximate surface area is 172 Å². The van der Waals surface area contributed by atoms with Gasteiger partial charge >= 0.3 is 0 Å². The fourth-order valence-corrected chi connectivity index (χ4v) is 3.62. The van der Waals surface area contributed by atoms with E-state index in [4.69, 9.17) is 15.6 Å². The van der Waals surface area contributed by atoms with Crippen molar-refractivity contribution in [1.82, 2.24) is 20.2 Å². The minimum Gasteiger partial charge on any atom is -0.378 e. The van der Waals surface area contributed by atoms with Crippen LogP contribution in [0.4, 0.5) is 21.6 Å². The average molecular weight is 405 g/mol. The molecule has 0 amide bonds. The zero-order valence-corrected chi connectivity index (χ0v) is 16.1. The molecule has 9 heteroatoms. The second-order valence-corrected chi connectivity index (χ2v) is 6.97. The number of aromatic amines is 1. The number of H-pyrrole nitrogens is 1. The number of hydrazine groups is 1. The summed E-state index contributed by atoms with van der Waals surface area (Å²) in [4.78, 5) is 11.6. The molecule has 1 aliphatic heterocycles. The second kappa shape index (κ2) is 7.69. The molecule has 0 atom stereocenters. The van der Waals surface area contributed by atoms with E-state index >= 15 is 0 Å². The van der Waals surface area contributed by atoms with E-state index in [-0.39, 0.29) is 5.82 Å². The van der Waals surface area contributed by atoms with Gasteiger partial charge in [0.1, 0.15) is 22.8 Å². The van der Waals surface area contributed by atoms with Crippen molar-refractivity contribution in [2.75, 3.05) is 36.2 Å². The zero-order valence-electron chi connectivity index (χ0n) is 16.1. The van der Waals surface area contributed by atoms with Crippen molar-refractivity contribution in [2.45, 2.75) is 0 Å². The maximum Gasteiger partial charge on any atom is 0.131 e. The van der Waals surface area contributed by atoms with Gasteiger partial charge in [-0.1, -0.05) is 6.07 Å². The molecule has 0 saturated carbocycles. The molecule has 1 fully saturated rings. The van der Waals surface area contributed by atoms with E-state index in [0.717, 1.165) is 30.0 Å². The lowest BCUT2D eigenvalue weighted by Gasteiger charge is -2.30. The normalized spacial score (nSPS) is 14.3. The van der Waals surface area contributed by atoms with E-state index in [0.29, 0.717) is 35.8 Å². The lowest BCUT2D eigenvalue weighted by molar-refractivity contribution is 0.122. The topological polar surface area (TPSA) is 96.2 Å². The van der Waals surface area contributed by atoms with Crippen LogP contribution >= 0.6 is 0 Å². The number of anilines is 3. The Kier molecular flexibility index (Phi) is 4.74. The van der Waals surface area contributed by atoms with Gasteiger partial charge in [-0.05, 0) is 30.3 Å². The molecule has 0 unspecified atom stereocenters. The second-order valence-electron chi connectivity index (χ2n) is 6.97. The Morgan fingerprint density at radius 1 is 1.10 bits per heavy atom. The third kappa shape index (κ3) is 3.34. The molecule has 3 aromatic heterocycles. The van der Waals surface area contributed by atoms with Crippen LogP contribution in [0.15, 0.2) is 54.9 Å². The van der Waals surface area contributed by atoms with Crippen molar-refractivity contribution in [1.29, 1.82) is 0 Å². The van der Waals surface area contributed by atoms with E-state index < -0.39 is 0 Å². The monoisotopic (exact) mass is 405 g/mol. The highest BCUT2D eigenvalue weighted by Crippen LogP contribution is 2.36. The number of morpholine rings is 1. The molecular formula is C21H20FN7O. The average Bonchev–Trinajstić information content (AvgIpc) is 3.33.